The minimum absolute atomic E-state index is 0.0373. The Labute approximate surface area is 78.3 Å². The predicted octanol–water partition coefficient (Wildman–Crippen LogP) is 1.37. The number of ketones is 1. The lowest BCUT2D eigenvalue weighted by Gasteiger charge is -2.14. The molecule has 72 valence electrons. The summed E-state index contributed by atoms with van der Waals surface area (Å²) in [6.45, 7) is 0. The van der Waals surface area contributed by atoms with Crippen molar-refractivity contribution in [3.8, 4) is 0 Å². The molecule has 5 unspecified atom stereocenters. The zero-order chi connectivity index (χ0) is 9.00. The van der Waals surface area contributed by atoms with Crippen LogP contribution in [-0.4, -0.2) is 17.0 Å². The lowest BCUT2D eigenvalue weighted by atomic mass is 9.90. The molecule has 3 aliphatic carbocycles. The third-order valence-corrected chi connectivity index (χ3v) is 4.48. The minimum atomic E-state index is -0.303. The molecule has 13 heavy (non-hydrogen) atoms. The molecule has 3 fully saturated rings. The third-order valence-electron chi connectivity index (χ3n) is 4.48. The number of carbonyl (C=O) groups is 1. The number of hydrogen-bond donors (Lipinski definition) is 1. The number of hydrogen-bond acceptors (Lipinski definition) is 2. The fourth-order valence-corrected chi connectivity index (χ4v) is 3.99. The molecule has 0 aromatic rings. The Balaban J connectivity index is 1.94. The van der Waals surface area contributed by atoms with Crippen LogP contribution in [0.15, 0.2) is 0 Å². The highest BCUT2D eigenvalue weighted by molar-refractivity contribution is 5.87. The molecule has 0 bridgehead atoms. The lowest BCUT2D eigenvalue weighted by Crippen LogP contribution is -2.24. The highest BCUT2D eigenvalue weighted by Gasteiger charge is 2.55. The van der Waals surface area contributed by atoms with Crippen molar-refractivity contribution in [2.75, 3.05) is 0 Å². The van der Waals surface area contributed by atoms with E-state index in [0.717, 1.165) is 19.3 Å². The summed E-state index contributed by atoms with van der Waals surface area (Å²) in [4.78, 5) is 11.9. The second-order valence-corrected chi connectivity index (χ2v) is 4.94. The third kappa shape index (κ3) is 0.899. The van der Waals surface area contributed by atoms with Gasteiger partial charge >= 0.3 is 0 Å². The van der Waals surface area contributed by atoms with Crippen LogP contribution in [-0.2, 0) is 4.79 Å². The second-order valence-electron chi connectivity index (χ2n) is 4.94. The van der Waals surface area contributed by atoms with Crippen LogP contribution in [0.4, 0.5) is 0 Å². The SMILES string of the molecule is O=C1C2CCCC2C2CCC(O)C12. The zero-order valence-corrected chi connectivity index (χ0v) is 7.78. The molecule has 3 rings (SSSR count). The zero-order valence-electron chi connectivity index (χ0n) is 7.78. The van der Waals surface area contributed by atoms with Gasteiger partial charge in [0, 0.05) is 11.8 Å². The Hall–Kier alpha value is -0.370. The second kappa shape index (κ2) is 2.57. The number of fused-ring (bicyclic) bond motifs is 3. The highest BCUT2D eigenvalue weighted by Crippen LogP contribution is 2.54. The van der Waals surface area contributed by atoms with Crippen LogP contribution in [0.3, 0.4) is 0 Å². The van der Waals surface area contributed by atoms with Crippen LogP contribution in [0, 0.1) is 23.7 Å². The maximum atomic E-state index is 11.9. The normalized spacial score (nSPS) is 53.9. The van der Waals surface area contributed by atoms with Crippen LogP contribution < -0.4 is 0 Å². The van der Waals surface area contributed by atoms with Crippen molar-refractivity contribution in [1.29, 1.82) is 0 Å². The average molecular weight is 180 g/mol. The summed E-state index contributed by atoms with van der Waals surface area (Å²) in [5, 5.41) is 9.70. The molecular weight excluding hydrogens is 164 g/mol. The van der Waals surface area contributed by atoms with E-state index < -0.39 is 0 Å². The van der Waals surface area contributed by atoms with Crippen molar-refractivity contribution in [3.05, 3.63) is 0 Å². The van der Waals surface area contributed by atoms with E-state index in [1.165, 1.54) is 12.8 Å². The van der Waals surface area contributed by atoms with Crippen molar-refractivity contribution < 1.29 is 9.90 Å². The Morgan fingerprint density at radius 3 is 2.77 bits per heavy atom. The van der Waals surface area contributed by atoms with Crippen molar-refractivity contribution in [3.63, 3.8) is 0 Å². The Bertz CT molecular complexity index is 248. The lowest BCUT2D eigenvalue weighted by molar-refractivity contribution is -0.126. The molecule has 0 aromatic carbocycles. The maximum absolute atomic E-state index is 11.9. The van der Waals surface area contributed by atoms with E-state index in [-0.39, 0.29) is 12.0 Å². The summed E-state index contributed by atoms with van der Waals surface area (Å²) in [6.07, 6.45) is 5.24. The molecule has 5 atom stereocenters. The minimum Gasteiger partial charge on any atom is -0.392 e. The summed E-state index contributed by atoms with van der Waals surface area (Å²) in [6, 6.07) is 0. The quantitative estimate of drug-likeness (QED) is 0.611. The van der Waals surface area contributed by atoms with Gasteiger partial charge in [-0.3, -0.25) is 4.79 Å². The summed E-state index contributed by atoms with van der Waals surface area (Å²) in [5.41, 5.74) is 0. The van der Waals surface area contributed by atoms with Crippen LogP contribution in [0.5, 0.6) is 0 Å². The van der Waals surface area contributed by atoms with E-state index in [0.29, 0.717) is 23.5 Å². The first-order valence-electron chi connectivity index (χ1n) is 5.51. The van der Waals surface area contributed by atoms with Gasteiger partial charge in [0.25, 0.3) is 0 Å². The van der Waals surface area contributed by atoms with E-state index in [2.05, 4.69) is 0 Å². The van der Waals surface area contributed by atoms with E-state index in [4.69, 9.17) is 0 Å². The van der Waals surface area contributed by atoms with Gasteiger partial charge in [-0.05, 0) is 37.5 Å². The van der Waals surface area contributed by atoms with E-state index in [9.17, 15) is 9.90 Å². The topological polar surface area (TPSA) is 37.3 Å². The fraction of sp³-hybridized carbons (Fsp3) is 0.909. The van der Waals surface area contributed by atoms with Crippen molar-refractivity contribution >= 4 is 5.78 Å². The van der Waals surface area contributed by atoms with E-state index in [1.807, 2.05) is 0 Å². The van der Waals surface area contributed by atoms with Crippen molar-refractivity contribution in [2.45, 2.75) is 38.2 Å². The largest absolute Gasteiger partial charge is 0.392 e. The summed E-state index contributed by atoms with van der Waals surface area (Å²) in [5.74, 6) is 1.97. The first-order chi connectivity index (χ1) is 6.29. The number of Topliss-reactive ketones (excluding diaryl/α,β-unsaturated/α-hetero) is 1. The molecule has 2 nitrogen and oxygen atoms in total. The van der Waals surface area contributed by atoms with Crippen LogP contribution in [0.1, 0.15) is 32.1 Å². The van der Waals surface area contributed by atoms with Gasteiger partial charge in [0.1, 0.15) is 5.78 Å². The van der Waals surface area contributed by atoms with E-state index >= 15 is 0 Å². The smallest absolute Gasteiger partial charge is 0.142 e. The highest BCUT2D eigenvalue weighted by atomic mass is 16.3. The molecule has 3 aliphatic rings. The van der Waals surface area contributed by atoms with Gasteiger partial charge in [0.2, 0.25) is 0 Å². The summed E-state index contributed by atoms with van der Waals surface area (Å²) >= 11 is 0. The molecular formula is C11H16O2. The van der Waals surface area contributed by atoms with Gasteiger partial charge in [-0.2, -0.15) is 0 Å². The van der Waals surface area contributed by atoms with Gasteiger partial charge in [-0.15, -0.1) is 0 Å². The van der Waals surface area contributed by atoms with Crippen LogP contribution >= 0.6 is 0 Å². The Kier molecular flexibility index (Phi) is 1.58. The van der Waals surface area contributed by atoms with Crippen LogP contribution in [0.25, 0.3) is 0 Å². The number of carbonyl (C=O) groups excluding carboxylic acids is 1. The molecule has 2 heteroatoms. The van der Waals surface area contributed by atoms with Gasteiger partial charge in [-0.1, -0.05) is 6.42 Å². The van der Waals surface area contributed by atoms with E-state index in [1.54, 1.807) is 0 Å². The van der Waals surface area contributed by atoms with Gasteiger partial charge < -0.3 is 5.11 Å². The standard InChI is InChI=1S/C11H16O2/c12-9-5-4-7-6-2-1-3-8(6)11(13)10(7)9/h6-10,12H,1-5H2. The van der Waals surface area contributed by atoms with Crippen molar-refractivity contribution in [1.82, 2.24) is 0 Å². The van der Waals surface area contributed by atoms with Gasteiger partial charge in [-0.25, -0.2) is 0 Å². The molecule has 0 spiro atoms. The molecule has 0 aliphatic heterocycles. The van der Waals surface area contributed by atoms with Crippen molar-refractivity contribution in [2.24, 2.45) is 23.7 Å². The molecule has 0 radical (unpaired) electrons. The summed E-state index contributed by atoms with van der Waals surface area (Å²) in [7, 11) is 0. The molecule has 1 N–H and O–H groups in total. The molecule has 0 saturated heterocycles. The predicted molar refractivity (Wildman–Crippen MR) is 48.1 cm³/mol. The maximum Gasteiger partial charge on any atom is 0.142 e. The molecule has 0 heterocycles. The molecule has 0 amide bonds. The number of rotatable bonds is 0. The molecule has 0 aromatic heterocycles. The average Bonchev–Trinajstić information content (AvgIpc) is 2.71. The Morgan fingerprint density at radius 2 is 1.92 bits per heavy atom. The van der Waals surface area contributed by atoms with Gasteiger partial charge in [0.05, 0.1) is 6.10 Å². The summed E-state index contributed by atoms with van der Waals surface area (Å²) < 4.78 is 0. The molecule has 3 saturated carbocycles. The van der Waals surface area contributed by atoms with Gasteiger partial charge in [0.15, 0.2) is 0 Å². The number of aliphatic hydroxyl groups is 1. The van der Waals surface area contributed by atoms with Crippen LogP contribution in [0.2, 0.25) is 0 Å². The number of aliphatic hydroxyl groups excluding tert-OH is 1. The first-order valence-corrected chi connectivity index (χ1v) is 5.51. The fourth-order valence-electron chi connectivity index (χ4n) is 3.99. The monoisotopic (exact) mass is 180 g/mol. The Morgan fingerprint density at radius 1 is 1.08 bits per heavy atom. The first kappa shape index (κ1) is 7.98.